The van der Waals surface area contributed by atoms with Crippen molar-refractivity contribution < 1.29 is 0 Å². The van der Waals surface area contributed by atoms with E-state index in [1.54, 1.807) is 0 Å². The van der Waals surface area contributed by atoms with Gasteiger partial charge in [0.25, 0.3) is 0 Å². The molecule has 0 amide bonds. The minimum Gasteiger partial charge on any atom is -0.398 e. The van der Waals surface area contributed by atoms with Gasteiger partial charge in [0.15, 0.2) is 0 Å². The molecular formula is C17H23N3. The number of nitrogens with zero attached hydrogens (tertiary/aromatic N) is 1. The van der Waals surface area contributed by atoms with Gasteiger partial charge in [-0.1, -0.05) is 13.8 Å². The Kier molecular flexibility index (Phi) is 3.51. The lowest BCUT2D eigenvalue weighted by Crippen LogP contribution is -2.33. The van der Waals surface area contributed by atoms with E-state index in [9.17, 15) is 0 Å². The van der Waals surface area contributed by atoms with E-state index in [2.05, 4.69) is 30.2 Å². The number of pyridine rings is 1. The summed E-state index contributed by atoms with van der Waals surface area (Å²) in [4.78, 5) is 4.18. The second-order valence-corrected chi connectivity index (χ2v) is 6.27. The number of hydrogen-bond acceptors (Lipinski definition) is 3. The van der Waals surface area contributed by atoms with E-state index in [0.717, 1.165) is 17.0 Å². The SMILES string of the molecule is CC1CCC(Nc2ccc(N)c3cnccc23)C(C)C1. The molecule has 1 aromatic carbocycles. The molecule has 0 spiro atoms. The monoisotopic (exact) mass is 269 g/mol. The minimum atomic E-state index is 0.561. The van der Waals surface area contributed by atoms with E-state index in [0.29, 0.717) is 12.0 Å². The summed E-state index contributed by atoms with van der Waals surface area (Å²) in [5.74, 6) is 1.57. The molecule has 3 heteroatoms. The summed E-state index contributed by atoms with van der Waals surface area (Å²) in [5, 5.41) is 5.95. The van der Waals surface area contributed by atoms with Gasteiger partial charge in [-0.15, -0.1) is 0 Å². The van der Waals surface area contributed by atoms with Gasteiger partial charge < -0.3 is 11.1 Å². The largest absolute Gasteiger partial charge is 0.398 e. The van der Waals surface area contributed by atoms with Crippen molar-refractivity contribution in [2.45, 2.75) is 39.2 Å². The molecule has 1 heterocycles. The van der Waals surface area contributed by atoms with Crippen LogP contribution in [0, 0.1) is 11.8 Å². The Morgan fingerprint density at radius 2 is 2.00 bits per heavy atom. The zero-order valence-corrected chi connectivity index (χ0v) is 12.3. The number of rotatable bonds is 2. The highest BCUT2D eigenvalue weighted by Crippen LogP contribution is 2.33. The maximum Gasteiger partial charge on any atom is 0.0424 e. The Morgan fingerprint density at radius 1 is 1.15 bits per heavy atom. The zero-order chi connectivity index (χ0) is 14.1. The van der Waals surface area contributed by atoms with Crippen molar-refractivity contribution in [1.29, 1.82) is 0 Å². The third-order valence-corrected chi connectivity index (χ3v) is 4.62. The van der Waals surface area contributed by atoms with Gasteiger partial charge >= 0.3 is 0 Å². The molecule has 3 rings (SSSR count). The molecule has 1 saturated carbocycles. The van der Waals surface area contributed by atoms with Crippen LogP contribution in [0.25, 0.3) is 10.8 Å². The van der Waals surface area contributed by atoms with Crippen LogP contribution >= 0.6 is 0 Å². The number of nitrogens with two attached hydrogens (primary N) is 1. The second kappa shape index (κ2) is 5.31. The van der Waals surface area contributed by atoms with Crippen LogP contribution in [0.3, 0.4) is 0 Å². The Balaban J connectivity index is 1.90. The van der Waals surface area contributed by atoms with E-state index in [1.165, 1.54) is 30.3 Å². The summed E-state index contributed by atoms with van der Waals surface area (Å²) >= 11 is 0. The Labute approximate surface area is 120 Å². The maximum atomic E-state index is 6.04. The van der Waals surface area contributed by atoms with Crippen molar-refractivity contribution in [2.24, 2.45) is 11.8 Å². The molecule has 20 heavy (non-hydrogen) atoms. The molecule has 3 nitrogen and oxygen atoms in total. The van der Waals surface area contributed by atoms with Crippen molar-refractivity contribution in [3.05, 3.63) is 30.6 Å². The van der Waals surface area contributed by atoms with E-state index < -0.39 is 0 Å². The minimum absolute atomic E-state index is 0.561. The first-order chi connectivity index (χ1) is 9.65. The van der Waals surface area contributed by atoms with Crippen LogP contribution in [0.4, 0.5) is 11.4 Å². The Hall–Kier alpha value is -1.77. The number of hydrogen-bond donors (Lipinski definition) is 2. The van der Waals surface area contributed by atoms with E-state index in [1.807, 2.05) is 24.5 Å². The van der Waals surface area contributed by atoms with Crippen LogP contribution in [0.2, 0.25) is 0 Å². The predicted octanol–water partition coefficient (Wildman–Crippen LogP) is 4.05. The first-order valence-corrected chi connectivity index (χ1v) is 7.54. The van der Waals surface area contributed by atoms with Crippen molar-refractivity contribution in [2.75, 3.05) is 11.1 Å². The van der Waals surface area contributed by atoms with Gasteiger partial charge in [-0.3, -0.25) is 4.98 Å². The molecule has 1 fully saturated rings. The van der Waals surface area contributed by atoms with Crippen LogP contribution in [-0.4, -0.2) is 11.0 Å². The Morgan fingerprint density at radius 3 is 2.80 bits per heavy atom. The normalized spacial score (nSPS) is 26.6. The third-order valence-electron chi connectivity index (χ3n) is 4.62. The molecule has 0 saturated heterocycles. The molecule has 3 atom stereocenters. The average molecular weight is 269 g/mol. The smallest absolute Gasteiger partial charge is 0.0424 e. The summed E-state index contributed by atoms with van der Waals surface area (Å²) in [6.07, 6.45) is 7.56. The fraction of sp³-hybridized carbons (Fsp3) is 0.471. The molecule has 1 aromatic heterocycles. The molecular weight excluding hydrogens is 246 g/mol. The number of fused-ring (bicyclic) bond motifs is 1. The summed E-state index contributed by atoms with van der Waals surface area (Å²) in [5.41, 5.74) is 8.01. The molecule has 0 radical (unpaired) electrons. The lowest BCUT2D eigenvalue weighted by molar-refractivity contribution is 0.276. The number of nitrogen functional groups attached to an aromatic ring is 1. The highest BCUT2D eigenvalue weighted by atomic mass is 14.9. The predicted molar refractivity (Wildman–Crippen MR) is 85.7 cm³/mol. The Bertz CT molecular complexity index is 608. The van der Waals surface area contributed by atoms with E-state index in [4.69, 9.17) is 5.73 Å². The summed E-state index contributed by atoms with van der Waals surface area (Å²) in [6, 6.07) is 6.68. The van der Waals surface area contributed by atoms with Crippen molar-refractivity contribution >= 4 is 22.1 Å². The first-order valence-electron chi connectivity index (χ1n) is 7.54. The highest BCUT2D eigenvalue weighted by Gasteiger charge is 2.25. The number of aromatic nitrogens is 1. The van der Waals surface area contributed by atoms with E-state index in [-0.39, 0.29) is 0 Å². The van der Waals surface area contributed by atoms with E-state index >= 15 is 0 Å². The fourth-order valence-electron chi connectivity index (χ4n) is 3.42. The third kappa shape index (κ3) is 2.45. The van der Waals surface area contributed by atoms with Crippen LogP contribution in [0.15, 0.2) is 30.6 Å². The van der Waals surface area contributed by atoms with Crippen LogP contribution in [0.5, 0.6) is 0 Å². The summed E-state index contributed by atoms with van der Waals surface area (Å²) in [6.45, 7) is 4.71. The van der Waals surface area contributed by atoms with Gasteiger partial charge in [-0.25, -0.2) is 0 Å². The van der Waals surface area contributed by atoms with Gasteiger partial charge in [0.05, 0.1) is 0 Å². The fourth-order valence-corrected chi connectivity index (χ4v) is 3.42. The summed E-state index contributed by atoms with van der Waals surface area (Å²) in [7, 11) is 0. The first kappa shape index (κ1) is 13.2. The topological polar surface area (TPSA) is 50.9 Å². The maximum absolute atomic E-state index is 6.04. The lowest BCUT2D eigenvalue weighted by Gasteiger charge is -2.34. The molecule has 1 aliphatic rings. The number of benzene rings is 1. The van der Waals surface area contributed by atoms with Gasteiger partial charge in [-0.05, 0) is 49.3 Å². The number of anilines is 2. The lowest BCUT2D eigenvalue weighted by atomic mass is 9.80. The van der Waals surface area contributed by atoms with Crippen molar-refractivity contribution in [1.82, 2.24) is 4.98 Å². The highest BCUT2D eigenvalue weighted by molar-refractivity contribution is 6.00. The van der Waals surface area contributed by atoms with Gasteiger partial charge in [0.1, 0.15) is 0 Å². The molecule has 2 aromatic rings. The molecule has 1 aliphatic carbocycles. The average Bonchev–Trinajstić information content (AvgIpc) is 2.45. The molecule has 0 aliphatic heterocycles. The van der Waals surface area contributed by atoms with Gasteiger partial charge in [0.2, 0.25) is 0 Å². The van der Waals surface area contributed by atoms with Gasteiger partial charge in [-0.2, -0.15) is 0 Å². The van der Waals surface area contributed by atoms with Gasteiger partial charge in [0, 0.05) is 40.6 Å². The summed E-state index contributed by atoms with van der Waals surface area (Å²) < 4.78 is 0. The van der Waals surface area contributed by atoms with Crippen molar-refractivity contribution in [3.8, 4) is 0 Å². The second-order valence-electron chi connectivity index (χ2n) is 6.27. The number of nitrogens with one attached hydrogen (secondary N) is 1. The zero-order valence-electron chi connectivity index (χ0n) is 12.3. The molecule has 3 unspecified atom stereocenters. The quantitative estimate of drug-likeness (QED) is 0.808. The van der Waals surface area contributed by atoms with Crippen LogP contribution < -0.4 is 11.1 Å². The molecule has 3 N–H and O–H groups in total. The van der Waals surface area contributed by atoms with Crippen molar-refractivity contribution in [3.63, 3.8) is 0 Å². The van der Waals surface area contributed by atoms with Crippen LogP contribution in [-0.2, 0) is 0 Å². The standard InChI is InChI=1S/C17H23N3/c1-11-3-5-16(12(2)9-11)20-17-6-4-15(18)14-10-19-8-7-13(14)17/h4,6-8,10-12,16,20H,3,5,9,18H2,1-2H3. The van der Waals surface area contributed by atoms with Crippen LogP contribution in [0.1, 0.15) is 33.1 Å². The molecule has 0 bridgehead atoms. The molecule has 106 valence electrons.